The Morgan fingerprint density at radius 3 is 2.34 bits per heavy atom. The molecule has 1 atom stereocenters. The van der Waals surface area contributed by atoms with E-state index in [1.807, 2.05) is 36.4 Å². The second-order valence-corrected chi connectivity index (χ2v) is 8.50. The molecule has 35 heavy (non-hydrogen) atoms. The molecule has 0 aliphatic rings. The van der Waals surface area contributed by atoms with E-state index in [1.54, 1.807) is 19.2 Å². The minimum atomic E-state index is -4.34. The van der Waals surface area contributed by atoms with Crippen molar-refractivity contribution in [1.82, 2.24) is 5.32 Å². The van der Waals surface area contributed by atoms with Gasteiger partial charge >= 0.3 is 6.18 Å². The number of methoxy groups -OCH3 is 1. The lowest BCUT2D eigenvalue weighted by Crippen LogP contribution is -2.20. The van der Waals surface area contributed by atoms with Crippen molar-refractivity contribution < 1.29 is 17.9 Å². The van der Waals surface area contributed by atoms with Crippen molar-refractivity contribution in [2.45, 2.75) is 32.0 Å². The topological polar surface area (TPSA) is 21.3 Å². The molecule has 184 valence electrons. The molecule has 0 aromatic heterocycles. The van der Waals surface area contributed by atoms with Gasteiger partial charge in [0.1, 0.15) is 5.75 Å². The highest BCUT2D eigenvalue weighted by atomic mass is 35.5. The molecule has 0 amide bonds. The van der Waals surface area contributed by atoms with Gasteiger partial charge in [-0.15, -0.1) is 12.4 Å². The summed E-state index contributed by atoms with van der Waals surface area (Å²) in [6, 6.07) is 26.0. The molecule has 0 saturated carbocycles. The molecule has 0 saturated heterocycles. The van der Waals surface area contributed by atoms with Gasteiger partial charge in [-0.2, -0.15) is 13.2 Å². The minimum absolute atomic E-state index is 0. The molecule has 0 heterocycles. The van der Waals surface area contributed by atoms with Crippen LogP contribution in [0.25, 0.3) is 21.9 Å². The van der Waals surface area contributed by atoms with Crippen molar-refractivity contribution >= 4 is 23.2 Å². The molecule has 0 aliphatic carbocycles. The van der Waals surface area contributed by atoms with E-state index >= 15 is 0 Å². The Morgan fingerprint density at radius 1 is 0.886 bits per heavy atom. The van der Waals surface area contributed by atoms with E-state index in [-0.39, 0.29) is 18.4 Å². The number of halogens is 4. The first kappa shape index (κ1) is 26.6. The zero-order valence-corrected chi connectivity index (χ0v) is 20.5. The highest BCUT2D eigenvalue weighted by molar-refractivity contribution is 5.97. The first-order valence-corrected chi connectivity index (χ1v) is 11.4. The van der Waals surface area contributed by atoms with Gasteiger partial charge in [0.2, 0.25) is 0 Å². The number of ether oxygens (including phenoxy) is 1. The lowest BCUT2D eigenvalue weighted by molar-refractivity contribution is -0.137. The van der Waals surface area contributed by atoms with Gasteiger partial charge in [0.15, 0.2) is 0 Å². The highest BCUT2D eigenvalue weighted by Gasteiger charge is 2.30. The zero-order valence-electron chi connectivity index (χ0n) is 19.7. The average Bonchev–Trinajstić information content (AvgIpc) is 2.85. The summed E-state index contributed by atoms with van der Waals surface area (Å²) in [5.74, 6) is 0.845. The van der Waals surface area contributed by atoms with Gasteiger partial charge in [-0.1, -0.05) is 60.7 Å². The summed E-state index contributed by atoms with van der Waals surface area (Å²) in [5, 5.41) is 5.69. The first-order chi connectivity index (χ1) is 16.3. The molecule has 2 nitrogen and oxygen atoms in total. The van der Waals surface area contributed by atoms with Crippen LogP contribution in [0.4, 0.5) is 13.2 Å². The Balaban J connectivity index is 0.00000342. The van der Waals surface area contributed by atoms with Crippen molar-refractivity contribution in [1.29, 1.82) is 0 Å². The van der Waals surface area contributed by atoms with Crippen molar-refractivity contribution in [3.63, 3.8) is 0 Å². The number of aryl methyl sites for hydroxylation is 1. The van der Waals surface area contributed by atoms with Crippen LogP contribution in [0, 0.1) is 0 Å². The number of fused-ring (bicyclic) bond motifs is 1. The molecular formula is C29H29ClF3NO. The number of alkyl halides is 3. The van der Waals surface area contributed by atoms with Crippen molar-refractivity contribution in [2.75, 3.05) is 13.7 Å². The number of hydrogen-bond donors (Lipinski definition) is 1. The molecular weight excluding hydrogens is 471 g/mol. The molecule has 1 N–H and O–H groups in total. The second-order valence-electron chi connectivity index (χ2n) is 8.50. The molecule has 4 rings (SSSR count). The monoisotopic (exact) mass is 499 g/mol. The zero-order chi connectivity index (χ0) is 24.1. The van der Waals surface area contributed by atoms with Crippen LogP contribution in [0.5, 0.6) is 5.75 Å². The molecule has 1 unspecified atom stereocenters. The SMILES string of the molecule is COc1cccc(C(C)NCCCc2cc(-c3ccc(C(F)(F)F)cc3)c3ccccc3c2)c1.Cl. The maximum atomic E-state index is 13.0. The van der Waals surface area contributed by atoms with Gasteiger partial charge in [-0.3, -0.25) is 0 Å². The molecule has 6 heteroatoms. The third-order valence-corrected chi connectivity index (χ3v) is 6.13. The van der Waals surface area contributed by atoms with Gasteiger partial charge in [0.05, 0.1) is 12.7 Å². The average molecular weight is 500 g/mol. The lowest BCUT2D eigenvalue weighted by Gasteiger charge is -2.16. The van der Waals surface area contributed by atoms with Crippen LogP contribution in [-0.4, -0.2) is 13.7 Å². The van der Waals surface area contributed by atoms with Gasteiger partial charge in [0.25, 0.3) is 0 Å². The Morgan fingerprint density at radius 2 is 1.63 bits per heavy atom. The Hall–Kier alpha value is -3.02. The molecule has 4 aromatic carbocycles. The van der Waals surface area contributed by atoms with Crippen molar-refractivity contribution in [3.05, 3.63) is 102 Å². The normalized spacial score (nSPS) is 12.3. The van der Waals surface area contributed by atoms with Gasteiger partial charge in [0, 0.05) is 6.04 Å². The maximum absolute atomic E-state index is 13.0. The second kappa shape index (κ2) is 11.6. The third-order valence-electron chi connectivity index (χ3n) is 6.13. The van der Waals surface area contributed by atoms with E-state index in [4.69, 9.17) is 4.74 Å². The van der Waals surface area contributed by atoms with Crippen molar-refractivity contribution in [3.8, 4) is 16.9 Å². The Kier molecular flexibility index (Phi) is 8.82. The molecule has 0 spiro atoms. The van der Waals surface area contributed by atoms with Crippen LogP contribution in [0.1, 0.15) is 36.1 Å². The predicted molar refractivity (Wildman–Crippen MR) is 139 cm³/mol. The molecule has 4 aromatic rings. The molecule has 0 bridgehead atoms. The third kappa shape index (κ3) is 6.56. The van der Waals surface area contributed by atoms with Gasteiger partial charge in [-0.05, 0) is 83.6 Å². The van der Waals surface area contributed by atoms with Gasteiger partial charge < -0.3 is 10.1 Å². The standard InChI is InChI=1S/C29H28F3NO.ClH/c1-20(23-9-5-10-26(19-23)34-2)33-16-6-7-21-17-24-8-3-4-11-27(24)28(18-21)22-12-14-25(15-13-22)29(30,31)32;/h3-5,8-15,17-20,33H,6-7,16H2,1-2H3;1H. The van der Waals surface area contributed by atoms with Crippen LogP contribution in [0.15, 0.2) is 84.9 Å². The van der Waals surface area contributed by atoms with Crippen LogP contribution in [0.3, 0.4) is 0 Å². The summed E-state index contributed by atoms with van der Waals surface area (Å²) < 4.78 is 44.3. The van der Waals surface area contributed by atoms with E-state index < -0.39 is 11.7 Å². The van der Waals surface area contributed by atoms with Crippen molar-refractivity contribution in [2.24, 2.45) is 0 Å². The Bertz CT molecular complexity index is 1250. The summed E-state index contributed by atoms with van der Waals surface area (Å²) in [4.78, 5) is 0. The van der Waals surface area contributed by atoms with Gasteiger partial charge in [-0.25, -0.2) is 0 Å². The number of hydrogen-bond acceptors (Lipinski definition) is 2. The minimum Gasteiger partial charge on any atom is -0.497 e. The quantitative estimate of drug-likeness (QED) is 0.246. The largest absolute Gasteiger partial charge is 0.497 e. The molecule has 0 fully saturated rings. The van der Waals surface area contributed by atoms with Crippen LogP contribution in [-0.2, 0) is 12.6 Å². The maximum Gasteiger partial charge on any atom is 0.416 e. The molecule has 0 radical (unpaired) electrons. The van der Waals surface area contributed by atoms with E-state index in [0.29, 0.717) is 0 Å². The van der Waals surface area contributed by atoms with Crippen LogP contribution < -0.4 is 10.1 Å². The highest BCUT2D eigenvalue weighted by Crippen LogP contribution is 2.34. The predicted octanol–water partition coefficient (Wildman–Crippen LogP) is 8.24. The van der Waals surface area contributed by atoms with Crippen LogP contribution >= 0.6 is 12.4 Å². The summed E-state index contributed by atoms with van der Waals surface area (Å²) in [6.07, 6.45) is -2.52. The summed E-state index contributed by atoms with van der Waals surface area (Å²) >= 11 is 0. The fourth-order valence-electron chi connectivity index (χ4n) is 4.23. The van der Waals surface area contributed by atoms with E-state index in [1.165, 1.54) is 11.1 Å². The smallest absolute Gasteiger partial charge is 0.416 e. The Labute approximate surface area is 210 Å². The van der Waals surface area contributed by atoms with E-state index in [0.717, 1.165) is 59.2 Å². The number of nitrogens with one attached hydrogen (secondary N) is 1. The van der Waals surface area contributed by atoms with E-state index in [9.17, 15) is 13.2 Å². The number of rotatable bonds is 8. The summed E-state index contributed by atoms with van der Waals surface area (Å²) in [5.41, 5.74) is 3.46. The van der Waals surface area contributed by atoms with E-state index in [2.05, 4.69) is 36.5 Å². The molecule has 0 aliphatic heterocycles. The fraction of sp³-hybridized carbons (Fsp3) is 0.241. The first-order valence-electron chi connectivity index (χ1n) is 11.4. The lowest BCUT2D eigenvalue weighted by atomic mass is 9.93. The fourth-order valence-corrected chi connectivity index (χ4v) is 4.23. The summed E-state index contributed by atoms with van der Waals surface area (Å²) in [6.45, 7) is 2.98. The summed E-state index contributed by atoms with van der Waals surface area (Å²) in [7, 11) is 1.67. The number of benzene rings is 4. The van der Waals surface area contributed by atoms with Crippen LogP contribution in [0.2, 0.25) is 0 Å².